The summed E-state index contributed by atoms with van der Waals surface area (Å²) in [6.45, 7) is 4.63. The van der Waals surface area contributed by atoms with Crippen LogP contribution < -0.4 is 0 Å². The van der Waals surface area contributed by atoms with Crippen LogP contribution in [-0.2, 0) is 20.7 Å². The van der Waals surface area contributed by atoms with Gasteiger partial charge in [-0.25, -0.2) is 4.79 Å². The monoisotopic (exact) mass is 357 g/mol. The molecule has 1 fully saturated rings. The summed E-state index contributed by atoms with van der Waals surface area (Å²) in [5.41, 5.74) is 0.710. The fourth-order valence-electron chi connectivity index (χ4n) is 2.98. The van der Waals surface area contributed by atoms with E-state index < -0.39 is 6.04 Å². The first-order chi connectivity index (χ1) is 10.9. The Hall–Kier alpha value is -1.26. The average Bonchev–Trinajstić information content (AvgIpc) is 2.49. The Morgan fingerprint density at radius 1 is 1.35 bits per heavy atom. The Morgan fingerprint density at radius 3 is 2.74 bits per heavy atom. The highest BCUT2D eigenvalue weighted by molar-refractivity contribution is 6.35. The molecular weight excluding hydrogens is 337 g/mol. The zero-order chi connectivity index (χ0) is 17.0. The number of halogens is 2. The van der Waals surface area contributed by atoms with E-state index in [-0.39, 0.29) is 24.2 Å². The second-order valence-corrected chi connectivity index (χ2v) is 6.66. The van der Waals surface area contributed by atoms with Crippen LogP contribution in [-0.4, -0.2) is 36.0 Å². The Balaban J connectivity index is 2.16. The first-order valence-corrected chi connectivity index (χ1v) is 8.59. The van der Waals surface area contributed by atoms with Crippen molar-refractivity contribution in [3.63, 3.8) is 0 Å². The lowest BCUT2D eigenvalue weighted by atomic mass is 9.90. The van der Waals surface area contributed by atoms with Crippen LogP contribution in [0.4, 0.5) is 0 Å². The fraction of sp³-hybridized carbons (Fsp3) is 0.529. The van der Waals surface area contributed by atoms with E-state index in [1.807, 2.05) is 6.92 Å². The van der Waals surface area contributed by atoms with Gasteiger partial charge in [-0.2, -0.15) is 0 Å². The van der Waals surface area contributed by atoms with Crippen LogP contribution >= 0.6 is 23.2 Å². The van der Waals surface area contributed by atoms with Crippen molar-refractivity contribution in [2.75, 3.05) is 13.2 Å². The minimum Gasteiger partial charge on any atom is -0.464 e. The van der Waals surface area contributed by atoms with E-state index in [1.165, 1.54) is 0 Å². The second kappa shape index (κ2) is 8.02. The molecule has 0 radical (unpaired) electrons. The average molecular weight is 358 g/mol. The van der Waals surface area contributed by atoms with E-state index in [0.717, 1.165) is 12.8 Å². The maximum Gasteiger partial charge on any atom is 0.329 e. The number of rotatable bonds is 4. The van der Waals surface area contributed by atoms with Crippen LogP contribution in [0, 0.1) is 5.92 Å². The highest BCUT2D eigenvalue weighted by Crippen LogP contribution is 2.27. The smallest absolute Gasteiger partial charge is 0.329 e. The minimum atomic E-state index is -0.512. The van der Waals surface area contributed by atoms with Gasteiger partial charge < -0.3 is 9.64 Å². The van der Waals surface area contributed by atoms with Gasteiger partial charge >= 0.3 is 5.97 Å². The van der Waals surface area contributed by atoms with Crippen molar-refractivity contribution in [2.24, 2.45) is 5.92 Å². The summed E-state index contributed by atoms with van der Waals surface area (Å²) in [5.74, 6) is -0.346. The molecule has 1 heterocycles. The SMILES string of the molecule is CCOC(=O)C1C(C)CCCN1C(=O)Cc1ccc(Cl)cc1Cl. The Kier molecular flexibility index (Phi) is 6.31. The quantitative estimate of drug-likeness (QED) is 0.771. The van der Waals surface area contributed by atoms with Gasteiger partial charge in [0.15, 0.2) is 0 Å². The molecular formula is C17H21Cl2NO3. The molecule has 0 aliphatic carbocycles. The first kappa shape index (κ1) is 18.1. The van der Waals surface area contributed by atoms with Crippen LogP contribution in [0.15, 0.2) is 18.2 Å². The number of amides is 1. The lowest BCUT2D eigenvalue weighted by Gasteiger charge is -2.38. The van der Waals surface area contributed by atoms with Crippen LogP contribution in [0.3, 0.4) is 0 Å². The molecule has 6 heteroatoms. The van der Waals surface area contributed by atoms with Crippen molar-refractivity contribution < 1.29 is 14.3 Å². The highest BCUT2D eigenvalue weighted by Gasteiger charge is 2.37. The van der Waals surface area contributed by atoms with Crippen molar-refractivity contribution in [3.05, 3.63) is 33.8 Å². The van der Waals surface area contributed by atoms with Crippen molar-refractivity contribution in [3.8, 4) is 0 Å². The maximum absolute atomic E-state index is 12.7. The van der Waals surface area contributed by atoms with Gasteiger partial charge in [0.1, 0.15) is 6.04 Å². The minimum absolute atomic E-state index is 0.0902. The molecule has 1 aliphatic rings. The van der Waals surface area contributed by atoms with Crippen LogP contribution in [0.2, 0.25) is 10.0 Å². The lowest BCUT2D eigenvalue weighted by Crippen LogP contribution is -2.53. The molecule has 1 saturated heterocycles. The normalized spacial score (nSPS) is 21.1. The molecule has 1 aromatic rings. The van der Waals surface area contributed by atoms with E-state index in [2.05, 4.69) is 0 Å². The Morgan fingerprint density at radius 2 is 2.09 bits per heavy atom. The molecule has 0 N–H and O–H groups in total. The van der Waals surface area contributed by atoms with E-state index in [9.17, 15) is 9.59 Å². The molecule has 2 rings (SSSR count). The van der Waals surface area contributed by atoms with Crippen molar-refractivity contribution in [1.29, 1.82) is 0 Å². The summed E-state index contributed by atoms with van der Waals surface area (Å²) < 4.78 is 5.15. The van der Waals surface area contributed by atoms with Gasteiger partial charge in [-0.3, -0.25) is 4.79 Å². The van der Waals surface area contributed by atoms with Crippen molar-refractivity contribution in [1.82, 2.24) is 4.90 Å². The number of carbonyl (C=O) groups excluding carboxylic acids is 2. The second-order valence-electron chi connectivity index (χ2n) is 5.82. The molecule has 1 aromatic carbocycles. The Bertz CT molecular complexity index is 591. The van der Waals surface area contributed by atoms with Gasteiger partial charge in [0.2, 0.25) is 5.91 Å². The predicted molar refractivity (Wildman–Crippen MR) is 90.7 cm³/mol. The molecule has 0 spiro atoms. The molecule has 126 valence electrons. The van der Waals surface area contributed by atoms with E-state index in [0.29, 0.717) is 28.8 Å². The molecule has 0 bridgehead atoms. The third-order valence-electron chi connectivity index (χ3n) is 4.14. The number of esters is 1. The molecule has 2 atom stereocenters. The summed E-state index contributed by atoms with van der Waals surface area (Å²) in [4.78, 5) is 26.6. The maximum atomic E-state index is 12.7. The van der Waals surface area contributed by atoms with Gasteiger partial charge in [0.25, 0.3) is 0 Å². The molecule has 0 aromatic heterocycles. The number of ether oxygens (including phenoxy) is 1. The summed E-state index contributed by atoms with van der Waals surface area (Å²) in [5, 5.41) is 0.991. The number of nitrogens with zero attached hydrogens (tertiary/aromatic N) is 1. The number of hydrogen-bond acceptors (Lipinski definition) is 3. The summed E-state index contributed by atoms with van der Waals surface area (Å²) in [7, 11) is 0. The van der Waals surface area contributed by atoms with Gasteiger partial charge in [-0.15, -0.1) is 0 Å². The van der Waals surface area contributed by atoms with Crippen molar-refractivity contribution >= 4 is 35.1 Å². The van der Waals surface area contributed by atoms with Gasteiger partial charge in [-0.1, -0.05) is 36.2 Å². The Labute approximate surface area is 146 Å². The van der Waals surface area contributed by atoms with Crippen LogP contribution in [0.5, 0.6) is 0 Å². The van der Waals surface area contributed by atoms with Crippen molar-refractivity contribution in [2.45, 2.75) is 39.2 Å². The van der Waals surface area contributed by atoms with E-state index >= 15 is 0 Å². The summed E-state index contributed by atoms with van der Waals surface area (Å²) >= 11 is 12.0. The van der Waals surface area contributed by atoms with Gasteiger partial charge in [0.05, 0.1) is 13.0 Å². The van der Waals surface area contributed by atoms with Gasteiger partial charge in [0, 0.05) is 16.6 Å². The molecule has 1 amide bonds. The number of hydrogen-bond donors (Lipinski definition) is 0. The standard InChI is InChI=1S/C17H21Cl2NO3/c1-3-23-17(22)16-11(2)5-4-8-20(16)15(21)9-12-6-7-13(18)10-14(12)19/h6-7,10-11,16H,3-5,8-9H2,1-2H3. The number of likely N-dealkylation sites (tertiary alicyclic amines) is 1. The van der Waals surface area contributed by atoms with E-state index in [4.69, 9.17) is 27.9 Å². The largest absolute Gasteiger partial charge is 0.464 e. The predicted octanol–water partition coefficient (Wildman–Crippen LogP) is 3.73. The van der Waals surface area contributed by atoms with E-state index in [1.54, 1.807) is 30.0 Å². The summed E-state index contributed by atoms with van der Waals surface area (Å²) in [6.07, 6.45) is 1.95. The third kappa shape index (κ3) is 4.39. The first-order valence-electron chi connectivity index (χ1n) is 7.84. The molecule has 23 heavy (non-hydrogen) atoms. The number of piperidine rings is 1. The molecule has 0 saturated carbocycles. The molecule has 2 unspecified atom stereocenters. The zero-order valence-electron chi connectivity index (χ0n) is 13.4. The molecule has 1 aliphatic heterocycles. The highest BCUT2D eigenvalue weighted by atomic mass is 35.5. The fourth-order valence-corrected chi connectivity index (χ4v) is 3.46. The van der Waals surface area contributed by atoms with Gasteiger partial charge in [-0.05, 0) is 43.4 Å². The number of benzene rings is 1. The number of carbonyl (C=O) groups is 2. The van der Waals surface area contributed by atoms with Crippen LogP contribution in [0.1, 0.15) is 32.3 Å². The summed E-state index contributed by atoms with van der Waals surface area (Å²) in [6, 6.07) is 4.56. The third-order valence-corrected chi connectivity index (χ3v) is 4.73. The van der Waals surface area contributed by atoms with Crippen LogP contribution in [0.25, 0.3) is 0 Å². The molecule has 4 nitrogen and oxygen atoms in total. The topological polar surface area (TPSA) is 46.6 Å². The zero-order valence-corrected chi connectivity index (χ0v) is 14.9. The lowest BCUT2D eigenvalue weighted by molar-refractivity contribution is -0.159.